The predicted molar refractivity (Wildman–Crippen MR) is 94.3 cm³/mol. The van der Waals surface area contributed by atoms with E-state index >= 15 is 0 Å². The van der Waals surface area contributed by atoms with E-state index < -0.39 is 11.9 Å². The molecule has 2 aromatic heterocycles. The van der Waals surface area contributed by atoms with Crippen molar-refractivity contribution < 1.29 is 18.0 Å². The van der Waals surface area contributed by atoms with Gasteiger partial charge in [-0.3, -0.25) is 4.79 Å². The molecule has 1 atom stereocenters. The van der Waals surface area contributed by atoms with Gasteiger partial charge >= 0.3 is 6.18 Å². The number of nitrogens with two attached hydrogens (primary N) is 1. The highest BCUT2D eigenvalue weighted by molar-refractivity contribution is 7.20. The van der Waals surface area contributed by atoms with Crippen molar-refractivity contribution in [2.75, 3.05) is 13.1 Å². The highest BCUT2D eigenvalue weighted by Gasteiger charge is 2.34. The number of halogens is 4. The lowest BCUT2D eigenvalue weighted by atomic mass is 10.0. The molecule has 2 aromatic rings. The number of amides is 1. The van der Waals surface area contributed by atoms with Crippen LogP contribution in [0.2, 0.25) is 0 Å². The molecule has 0 aromatic carbocycles. The molecule has 1 aliphatic rings. The number of alkyl halides is 3. The maximum Gasteiger partial charge on any atom is 0.433 e. The Labute approximate surface area is 153 Å². The second kappa shape index (κ2) is 7.47. The van der Waals surface area contributed by atoms with Crippen LogP contribution in [0.3, 0.4) is 0 Å². The van der Waals surface area contributed by atoms with Crippen LogP contribution in [0.5, 0.6) is 0 Å². The summed E-state index contributed by atoms with van der Waals surface area (Å²) in [5, 5.41) is 0.595. The van der Waals surface area contributed by atoms with Gasteiger partial charge < -0.3 is 10.6 Å². The van der Waals surface area contributed by atoms with Gasteiger partial charge in [-0.05, 0) is 43.9 Å². The number of hydrogen-bond acceptors (Lipinski definition) is 4. The average molecular weight is 394 g/mol. The molecule has 1 saturated heterocycles. The number of pyridine rings is 1. The quantitative estimate of drug-likeness (QED) is 0.839. The zero-order valence-electron chi connectivity index (χ0n) is 13.6. The van der Waals surface area contributed by atoms with Gasteiger partial charge in [-0.2, -0.15) is 13.2 Å². The first kappa shape index (κ1) is 19.9. The lowest BCUT2D eigenvalue weighted by Gasteiger charge is -2.34. The van der Waals surface area contributed by atoms with E-state index in [9.17, 15) is 18.0 Å². The number of thiophene rings is 1. The number of carbonyl (C=O) groups excluding carboxylic acids is 1. The molecule has 9 heteroatoms. The topological polar surface area (TPSA) is 59.2 Å². The minimum Gasteiger partial charge on any atom is -0.334 e. The fraction of sp³-hybridized carbons (Fsp3) is 0.500. The first-order valence-corrected chi connectivity index (χ1v) is 8.63. The van der Waals surface area contributed by atoms with E-state index in [0.717, 1.165) is 36.7 Å². The van der Waals surface area contributed by atoms with E-state index in [1.807, 2.05) is 0 Å². The number of likely N-dealkylation sites (tertiary alicyclic amines) is 1. The number of rotatable bonds is 2. The molecule has 2 N–H and O–H groups in total. The van der Waals surface area contributed by atoms with Gasteiger partial charge in [0.1, 0.15) is 10.5 Å². The first-order chi connectivity index (χ1) is 11.3. The van der Waals surface area contributed by atoms with E-state index in [0.29, 0.717) is 28.9 Å². The highest BCUT2D eigenvalue weighted by atomic mass is 35.5. The zero-order valence-corrected chi connectivity index (χ0v) is 15.2. The van der Waals surface area contributed by atoms with Gasteiger partial charge in [-0.15, -0.1) is 23.7 Å². The smallest absolute Gasteiger partial charge is 0.334 e. The Morgan fingerprint density at radius 1 is 1.40 bits per heavy atom. The van der Waals surface area contributed by atoms with Crippen LogP contribution in [0, 0.1) is 6.92 Å². The third kappa shape index (κ3) is 3.75. The molecule has 1 aliphatic heterocycles. The normalized spacial score (nSPS) is 18.3. The molecule has 0 radical (unpaired) electrons. The molecule has 0 aliphatic carbocycles. The van der Waals surface area contributed by atoms with Crippen LogP contribution in [0.1, 0.15) is 40.2 Å². The zero-order chi connectivity index (χ0) is 17.5. The molecule has 3 rings (SSSR count). The van der Waals surface area contributed by atoms with E-state index in [1.165, 1.54) is 6.07 Å². The minimum atomic E-state index is -4.49. The molecule has 1 fully saturated rings. The van der Waals surface area contributed by atoms with E-state index in [4.69, 9.17) is 5.73 Å². The fourth-order valence-corrected chi connectivity index (χ4v) is 4.24. The second-order valence-electron chi connectivity index (χ2n) is 5.99. The summed E-state index contributed by atoms with van der Waals surface area (Å²) in [6, 6.07) is 2.35. The van der Waals surface area contributed by atoms with Crippen molar-refractivity contribution in [2.24, 2.45) is 5.73 Å². The van der Waals surface area contributed by atoms with Crippen molar-refractivity contribution in [1.29, 1.82) is 0 Å². The molecule has 0 bridgehead atoms. The number of aryl methyl sites for hydroxylation is 1. The summed E-state index contributed by atoms with van der Waals surface area (Å²) in [6.45, 7) is 2.78. The lowest BCUT2D eigenvalue weighted by Crippen LogP contribution is -2.47. The van der Waals surface area contributed by atoms with E-state index in [2.05, 4.69) is 4.98 Å². The third-order valence-electron chi connectivity index (χ3n) is 4.45. The monoisotopic (exact) mass is 393 g/mol. The Balaban J connectivity index is 0.00000225. The SMILES string of the molecule is Cc1c(C(=O)N2CCCCC2CN)sc2nc(C(F)(F)F)ccc12.Cl. The first-order valence-electron chi connectivity index (χ1n) is 7.81. The van der Waals surface area contributed by atoms with Gasteiger partial charge in [0.15, 0.2) is 0 Å². The van der Waals surface area contributed by atoms with Crippen molar-refractivity contribution >= 4 is 39.9 Å². The number of piperidine rings is 1. The third-order valence-corrected chi connectivity index (χ3v) is 5.64. The van der Waals surface area contributed by atoms with Crippen LogP contribution < -0.4 is 5.73 Å². The highest BCUT2D eigenvalue weighted by Crippen LogP contribution is 2.35. The summed E-state index contributed by atoms with van der Waals surface area (Å²) in [7, 11) is 0. The number of carbonyl (C=O) groups is 1. The summed E-state index contributed by atoms with van der Waals surface area (Å²) in [4.78, 5) is 19.0. The van der Waals surface area contributed by atoms with Crippen LogP contribution in [0.4, 0.5) is 13.2 Å². The van der Waals surface area contributed by atoms with Gasteiger partial charge in [0.2, 0.25) is 0 Å². The molecule has 25 heavy (non-hydrogen) atoms. The number of aromatic nitrogens is 1. The molecule has 1 unspecified atom stereocenters. The second-order valence-corrected chi connectivity index (χ2v) is 6.99. The average Bonchev–Trinajstić information content (AvgIpc) is 2.90. The molecule has 0 saturated carbocycles. The van der Waals surface area contributed by atoms with Crippen LogP contribution in [0.25, 0.3) is 10.2 Å². The molecule has 4 nitrogen and oxygen atoms in total. The van der Waals surface area contributed by atoms with Crippen molar-refractivity contribution in [3.05, 3.63) is 28.3 Å². The van der Waals surface area contributed by atoms with Gasteiger partial charge in [0.05, 0.1) is 4.88 Å². The van der Waals surface area contributed by atoms with Crippen molar-refractivity contribution in [3.8, 4) is 0 Å². The summed E-state index contributed by atoms with van der Waals surface area (Å²) < 4.78 is 38.5. The van der Waals surface area contributed by atoms with Crippen LogP contribution in [-0.4, -0.2) is 34.9 Å². The fourth-order valence-electron chi connectivity index (χ4n) is 3.10. The maximum atomic E-state index is 12.9. The van der Waals surface area contributed by atoms with Crippen molar-refractivity contribution in [1.82, 2.24) is 9.88 Å². The van der Waals surface area contributed by atoms with Gasteiger partial charge in [-0.25, -0.2) is 4.98 Å². The largest absolute Gasteiger partial charge is 0.433 e. The van der Waals surface area contributed by atoms with E-state index in [-0.39, 0.29) is 29.2 Å². The Morgan fingerprint density at radius 3 is 2.76 bits per heavy atom. The Bertz CT molecular complexity index is 778. The molecular weight excluding hydrogens is 375 g/mol. The van der Waals surface area contributed by atoms with Crippen molar-refractivity contribution in [2.45, 2.75) is 38.4 Å². The molecule has 138 valence electrons. The molecule has 1 amide bonds. The van der Waals surface area contributed by atoms with E-state index in [1.54, 1.807) is 11.8 Å². The Hall–Kier alpha value is -1.38. The van der Waals surface area contributed by atoms with Crippen LogP contribution in [0.15, 0.2) is 12.1 Å². The maximum absolute atomic E-state index is 12.9. The summed E-state index contributed by atoms with van der Waals surface area (Å²) in [5.74, 6) is -0.154. The number of fused-ring (bicyclic) bond motifs is 1. The lowest BCUT2D eigenvalue weighted by molar-refractivity contribution is -0.140. The van der Waals surface area contributed by atoms with Crippen molar-refractivity contribution in [3.63, 3.8) is 0 Å². The molecule has 3 heterocycles. The Morgan fingerprint density at radius 2 is 2.12 bits per heavy atom. The standard InChI is InChI=1S/C16H18F3N3OS.ClH/c1-9-11-5-6-12(16(17,18)19)21-14(11)24-13(9)15(23)22-7-3-2-4-10(22)8-20;/h5-6,10H,2-4,7-8,20H2,1H3;1H. The van der Waals surface area contributed by atoms with Gasteiger partial charge in [-0.1, -0.05) is 0 Å². The van der Waals surface area contributed by atoms with Gasteiger partial charge in [0, 0.05) is 24.5 Å². The van der Waals surface area contributed by atoms with Crippen LogP contribution >= 0.6 is 23.7 Å². The van der Waals surface area contributed by atoms with Gasteiger partial charge in [0.25, 0.3) is 5.91 Å². The summed E-state index contributed by atoms with van der Waals surface area (Å²) in [5.41, 5.74) is 5.51. The number of nitrogens with zero attached hydrogens (tertiary/aromatic N) is 2. The Kier molecular flexibility index (Phi) is 5.96. The predicted octanol–water partition coefficient (Wildman–Crippen LogP) is 4.00. The molecular formula is C16H19ClF3N3OS. The molecule has 0 spiro atoms. The van der Waals surface area contributed by atoms with Crippen LogP contribution in [-0.2, 0) is 6.18 Å². The summed E-state index contributed by atoms with van der Waals surface area (Å²) in [6.07, 6.45) is -1.67. The number of hydrogen-bond donors (Lipinski definition) is 1. The summed E-state index contributed by atoms with van der Waals surface area (Å²) >= 11 is 1.03. The minimum absolute atomic E-state index is 0.